The molecule has 2 amide bonds. The van der Waals surface area contributed by atoms with Gasteiger partial charge in [-0.25, -0.2) is 4.79 Å². The van der Waals surface area contributed by atoms with Gasteiger partial charge >= 0.3 is 5.69 Å². The van der Waals surface area contributed by atoms with E-state index in [2.05, 4.69) is 10.2 Å². The highest BCUT2D eigenvalue weighted by Crippen LogP contribution is 2.30. The van der Waals surface area contributed by atoms with Crippen LogP contribution in [0.1, 0.15) is 25.3 Å². The van der Waals surface area contributed by atoms with E-state index in [1.165, 1.54) is 9.13 Å². The highest BCUT2D eigenvalue weighted by atomic mass is 32.2. The zero-order chi connectivity index (χ0) is 20.9. The topological polar surface area (TPSA) is 131 Å². The molecule has 0 aliphatic carbocycles. The molecule has 0 bridgehead atoms. The molecule has 2 aliphatic heterocycles. The maximum Gasteiger partial charge on any atom is 0.329 e. The minimum absolute atomic E-state index is 0.185. The Morgan fingerprint density at radius 1 is 1.17 bits per heavy atom. The maximum atomic E-state index is 12.8. The summed E-state index contributed by atoms with van der Waals surface area (Å²) < 4.78 is 33.5. The van der Waals surface area contributed by atoms with Crippen molar-refractivity contribution in [3.05, 3.63) is 28.7 Å². The molecule has 3 heterocycles. The van der Waals surface area contributed by atoms with Gasteiger partial charge in [0.05, 0.1) is 16.8 Å². The van der Waals surface area contributed by atoms with Gasteiger partial charge in [-0.15, -0.1) is 0 Å². The number of rotatable bonds is 5. The first kappa shape index (κ1) is 19.6. The molecule has 2 aromatic rings. The lowest BCUT2D eigenvalue weighted by Crippen LogP contribution is -2.47. The number of hydrogen-bond donors (Lipinski definition) is 2. The fraction of sp³-hybridized carbons (Fsp3) is 0.500. The number of amides is 2. The molecule has 1 aromatic carbocycles. The van der Waals surface area contributed by atoms with E-state index in [0.717, 1.165) is 5.69 Å². The Morgan fingerprint density at radius 2 is 1.90 bits per heavy atom. The van der Waals surface area contributed by atoms with Crippen molar-refractivity contribution < 1.29 is 22.6 Å². The summed E-state index contributed by atoms with van der Waals surface area (Å²) in [4.78, 5) is 38.5. The summed E-state index contributed by atoms with van der Waals surface area (Å²) in [7, 11) is -2.31. The molecule has 2 aliphatic rings. The van der Waals surface area contributed by atoms with E-state index >= 15 is 0 Å². The maximum absolute atomic E-state index is 12.8. The van der Waals surface area contributed by atoms with Crippen molar-refractivity contribution >= 4 is 38.7 Å². The van der Waals surface area contributed by atoms with Gasteiger partial charge in [0.15, 0.2) is 0 Å². The van der Waals surface area contributed by atoms with Crippen LogP contribution in [0, 0.1) is 5.92 Å². The quantitative estimate of drug-likeness (QED) is 0.513. The molecule has 29 heavy (non-hydrogen) atoms. The van der Waals surface area contributed by atoms with Crippen molar-refractivity contribution in [2.45, 2.75) is 25.3 Å². The van der Waals surface area contributed by atoms with Crippen LogP contribution in [-0.2, 0) is 26.8 Å². The van der Waals surface area contributed by atoms with Crippen molar-refractivity contribution in [2.75, 3.05) is 23.7 Å². The molecular weight excluding hydrogens is 400 g/mol. The number of hydrogen-bond acceptors (Lipinski definition) is 6. The minimum Gasteiger partial charge on any atom is -0.371 e. The van der Waals surface area contributed by atoms with E-state index < -0.39 is 22.1 Å². The van der Waals surface area contributed by atoms with E-state index in [1.54, 1.807) is 13.1 Å². The number of aryl methyl sites for hydroxylation is 1. The molecule has 1 atom stereocenters. The van der Waals surface area contributed by atoms with Crippen molar-refractivity contribution in [1.29, 1.82) is 0 Å². The third-order valence-corrected chi connectivity index (χ3v) is 6.45. The standard InChI is InChI=1S/C18H22N4O6S/c1-20-15-8-12(21-9-11(10-21)6-7-29(26,27)28)2-3-13(15)22(18(20)25)14-4-5-16(23)19-17(14)24/h2-3,8,11,14H,4-7,9-10H2,1H3,(H,19,23,24)(H,26,27,28). The predicted octanol–water partition coefficient (Wildman–Crippen LogP) is 0.0318. The van der Waals surface area contributed by atoms with E-state index in [0.29, 0.717) is 30.5 Å². The summed E-state index contributed by atoms with van der Waals surface area (Å²) in [5, 5.41) is 2.29. The van der Waals surface area contributed by atoms with Gasteiger partial charge in [-0.05, 0) is 37.0 Å². The molecule has 2 fully saturated rings. The average Bonchev–Trinajstić information content (AvgIpc) is 2.84. The molecule has 156 valence electrons. The molecular formula is C18H22N4O6S. The number of nitrogens with zero attached hydrogens (tertiary/aromatic N) is 3. The summed E-state index contributed by atoms with van der Waals surface area (Å²) in [6.07, 6.45) is 0.880. The zero-order valence-electron chi connectivity index (χ0n) is 15.9. The number of carbonyl (C=O) groups is 2. The predicted molar refractivity (Wildman–Crippen MR) is 105 cm³/mol. The van der Waals surface area contributed by atoms with E-state index in [9.17, 15) is 22.8 Å². The number of carbonyl (C=O) groups excluding carboxylic acids is 2. The number of imide groups is 1. The smallest absolute Gasteiger partial charge is 0.329 e. The molecule has 0 spiro atoms. The Labute approximate surface area is 166 Å². The van der Waals surface area contributed by atoms with Crippen LogP contribution in [-0.4, -0.2) is 52.8 Å². The van der Waals surface area contributed by atoms with Crippen LogP contribution in [0.2, 0.25) is 0 Å². The Hall–Kier alpha value is -2.66. The van der Waals surface area contributed by atoms with Crippen LogP contribution in [0.5, 0.6) is 0 Å². The van der Waals surface area contributed by atoms with Crippen molar-refractivity contribution in [3.8, 4) is 0 Å². The molecule has 4 rings (SSSR count). The Morgan fingerprint density at radius 3 is 2.55 bits per heavy atom. The molecule has 1 aromatic heterocycles. The fourth-order valence-electron chi connectivity index (χ4n) is 4.06. The van der Waals surface area contributed by atoms with Crippen LogP contribution < -0.4 is 15.9 Å². The largest absolute Gasteiger partial charge is 0.371 e. The zero-order valence-corrected chi connectivity index (χ0v) is 16.7. The van der Waals surface area contributed by atoms with Crippen molar-refractivity contribution in [3.63, 3.8) is 0 Å². The molecule has 10 nitrogen and oxygen atoms in total. The number of anilines is 1. The van der Waals surface area contributed by atoms with Crippen molar-refractivity contribution in [1.82, 2.24) is 14.5 Å². The SMILES string of the molecule is Cn1c(=O)n(C2CCC(=O)NC2=O)c2ccc(N3CC(CCS(=O)(=O)O)C3)cc21. The third-order valence-electron chi connectivity index (χ3n) is 5.70. The van der Waals surface area contributed by atoms with Crippen LogP contribution in [0.3, 0.4) is 0 Å². The molecule has 2 N–H and O–H groups in total. The summed E-state index contributed by atoms with van der Waals surface area (Å²) in [6.45, 7) is 1.34. The number of nitrogens with one attached hydrogen (secondary N) is 1. The van der Waals surface area contributed by atoms with Crippen molar-refractivity contribution in [2.24, 2.45) is 13.0 Å². The third kappa shape index (κ3) is 3.67. The van der Waals surface area contributed by atoms with Crippen LogP contribution in [0.15, 0.2) is 23.0 Å². The molecule has 2 saturated heterocycles. The normalized spacial score (nSPS) is 20.8. The molecule has 11 heteroatoms. The van der Waals surface area contributed by atoms with Gasteiger partial charge in [0.25, 0.3) is 10.1 Å². The lowest BCUT2D eigenvalue weighted by Gasteiger charge is -2.41. The number of fused-ring (bicyclic) bond motifs is 1. The lowest BCUT2D eigenvalue weighted by molar-refractivity contribution is -0.135. The Kier molecular flexibility index (Phi) is 4.74. The van der Waals surface area contributed by atoms with Crippen LogP contribution >= 0.6 is 0 Å². The molecule has 0 radical (unpaired) electrons. The van der Waals surface area contributed by atoms with Gasteiger partial charge in [0.2, 0.25) is 11.8 Å². The van der Waals surface area contributed by atoms with Gasteiger partial charge in [-0.1, -0.05) is 0 Å². The number of piperidine rings is 1. The summed E-state index contributed by atoms with van der Waals surface area (Å²) >= 11 is 0. The fourth-order valence-corrected chi connectivity index (χ4v) is 4.69. The summed E-state index contributed by atoms with van der Waals surface area (Å²) in [5.74, 6) is -0.856. The lowest BCUT2D eigenvalue weighted by atomic mass is 9.96. The monoisotopic (exact) mass is 422 g/mol. The van der Waals surface area contributed by atoms with Gasteiger partial charge in [-0.2, -0.15) is 8.42 Å². The molecule has 1 unspecified atom stereocenters. The Balaban J connectivity index is 1.57. The first-order valence-corrected chi connectivity index (χ1v) is 11.0. The van der Waals surface area contributed by atoms with E-state index in [-0.39, 0.29) is 36.1 Å². The first-order valence-electron chi connectivity index (χ1n) is 9.39. The number of benzene rings is 1. The highest BCUT2D eigenvalue weighted by molar-refractivity contribution is 7.85. The van der Waals surface area contributed by atoms with Crippen LogP contribution in [0.4, 0.5) is 5.69 Å². The second-order valence-corrected chi connectivity index (χ2v) is 9.27. The Bertz CT molecular complexity index is 1160. The summed E-state index contributed by atoms with van der Waals surface area (Å²) in [6, 6.07) is 4.81. The van der Waals surface area contributed by atoms with Crippen LogP contribution in [0.25, 0.3) is 11.0 Å². The second-order valence-electron chi connectivity index (χ2n) is 7.70. The van der Waals surface area contributed by atoms with Gasteiger partial charge in [0.1, 0.15) is 6.04 Å². The van der Waals surface area contributed by atoms with E-state index in [1.807, 2.05) is 12.1 Å². The second kappa shape index (κ2) is 6.99. The average molecular weight is 422 g/mol. The van der Waals surface area contributed by atoms with Gasteiger partial charge in [0, 0.05) is 32.2 Å². The van der Waals surface area contributed by atoms with Gasteiger partial charge < -0.3 is 4.90 Å². The highest BCUT2D eigenvalue weighted by Gasteiger charge is 2.32. The number of imidazole rings is 1. The van der Waals surface area contributed by atoms with E-state index in [4.69, 9.17) is 4.55 Å². The minimum atomic E-state index is -3.95. The van der Waals surface area contributed by atoms with Gasteiger partial charge in [-0.3, -0.25) is 28.6 Å². The first-order chi connectivity index (χ1) is 13.6. The molecule has 0 saturated carbocycles. The number of aromatic nitrogens is 2. The summed E-state index contributed by atoms with van der Waals surface area (Å²) in [5.41, 5.74) is 1.88.